The van der Waals surface area contributed by atoms with E-state index >= 15 is 0 Å². The maximum Gasteiger partial charge on any atom is 0.284 e. The molecule has 0 saturated carbocycles. The van der Waals surface area contributed by atoms with Gasteiger partial charge in [-0.25, -0.2) is 0 Å². The molecule has 0 bridgehead atoms. The number of hydrogen-bond donors (Lipinski definition) is 1. The Balaban J connectivity index is 2.28. The predicted molar refractivity (Wildman–Crippen MR) is 79.9 cm³/mol. The zero-order chi connectivity index (χ0) is 14.7. The van der Waals surface area contributed by atoms with Gasteiger partial charge in [0, 0.05) is 11.8 Å². The van der Waals surface area contributed by atoms with E-state index in [9.17, 15) is 14.9 Å². The van der Waals surface area contributed by atoms with E-state index in [1.807, 2.05) is 19.1 Å². The molecular weight excluding hydrogens is 324 g/mol. The molecular formula is C14H11BrN2O3. The number of anilines is 1. The third-order valence-corrected chi connectivity index (χ3v) is 3.56. The third kappa shape index (κ3) is 3.03. The molecule has 0 saturated heterocycles. The fourth-order valence-electron chi connectivity index (χ4n) is 1.67. The molecule has 102 valence electrons. The van der Waals surface area contributed by atoms with Crippen molar-refractivity contribution in [1.29, 1.82) is 0 Å². The zero-order valence-corrected chi connectivity index (χ0v) is 12.2. The monoisotopic (exact) mass is 334 g/mol. The smallest absolute Gasteiger partial charge is 0.284 e. The summed E-state index contributed by atoms with van der Waals surface area (Å²) in [4.78, 5) is 22.4. The molecule has 0 fully saturated rings. The Morgan fingerprint density at radius 2 is 1.85 bits per heavy atom. The molecule has 0 aliphatic heterocycles. The topological polar surface area (TPSA) is 72.2 Å². The molecule has 1 N–H and O–H groups in total. The fourth-order valence-corrected chi connectivity index (χ4v) is 2.26. The summed E-state index contributed by atoms with van der Waals surface area (Å²) in [6.45, 7) is 1.95. The molecule has 0 aliphatic rings. The minimum atomic E-state index is -0.535. The molecule has 0 aliphatic carbocycles. The van der Waals surface area contributed by atoms with Gasteiger partial charge in [-0.2, -0.15) is 0 Å². The van der Waals surface area contributed by atoms with E-state index in [1.54, 1.807) is 12.1 Å². The number of nitro benzene ring substituents is 1. The van der Waals surface area contributed by atoms with Gasteiger partial charge in [-0.05, 0) is 41.1 Å². The molecule has 0 atom stereocenters. The molecule has 1 amide bonds. The molecule has 0 unspecified atom stereocenters. The Labute approximate surface area is 123 Å². The zero-order valence-electron chi connectivity index (χ0n) is 10.6. The standard InChI is InChI=1S/C14H11BrN2O3/c1-9-5-7-10(8-6-9)16-14(18)11-3-2-4-12(13(11)15)17(19)20/h2-8H,1H3,(H,16,18). The van der Waals surface area contributed by atoms with Crippen LogP contribution < -0.4 is 5.32 Å². The van der Waals surface area contributed by atoms with Crippen LogP contribution in [-0.4, -0.2) is 10.8 Å². The van der Waals surface area contributed by atoms with Crippen LogP contribution in [0.3, 0.4) is 0 Å². The first kappa shape index (κ1) is 14.2. The maximum absolute atomic E-state index is 12.1. The quantitative estimate of drug-likeness (QED) is 0.683. The summed E-state index contributed by atoms with van der Waals surface area (Å²) in [7, 11) is 0. The minimum absolute atomic E-state index is 0.137. The number of nitro groups is 1. The van der Waals surface area contributed by atoms with E-state index in [4.69, 9.17) is 0 Å². The lowest BCUT2D eigenvalue weighted by Gasteiger charge is -2.07. The first-order chi connectivity index (χ1) is 9.49. The Bertz CT molecular complexity index is 669. The first-order valence-electron chi connectivity index (χ1n) is 5.80. The highest BCUT2D eigenvalue weighted by Crippen LogP contribution is 2.28. The number of amides is 1. The first-order valence-corrected chi connectivity index (χ1v) is 6.59. The van der Waals surface area contributed by atoms with E-state index in [0.29, 0.717) is 5.69 Å². The van der Waals surface area contributed by atoms with Crippen LogP contribution >= 0.6 is 15.9 Å². The molecule has 2 aromatic rings. The van der Waals surface area contributed by atoms with Crippen molar-refractivity contribution in [3.63, 3.8) is 0 Å². The van der Waals surface area contributed by atoms with Crippen LogP contribution in [0.25, 0.3) is 0 Å². The molecule has 20 heavy (non-hydrogen) atoms. The van der Waals surface area contributed by atoms with Gasteiger partial charge in [0.2, 0.25) is 0 Å². The average Bonchev–Trinajstić information content (AvgIpc) is 2.41. The van der Waals surface area contributed by atoms with Crippen molar-refractivity contribution in [2.45, 2.75) is 6.92 Å². The highest BCUT2D eigenvalue weighted by molar-refractivity contribution is 9.10. The second-order valence-electron chi connectivity index (χ2n) is 4.22. The number of benzene rings is 2. The second-order valence-corrected chi connectivity index (χ2v) is 5.01. The van der Waals surface area contributed by atoms with E-state index in [2.05, 4.69) is 21.2 Å². The lowest BCUT2D eigenvalue weighted by molar-refractivity contribution is -0.385. The van der Waals surface area contributed by atoms with Crippen molar-refractivity contribution in [2.75, 3.05) is 5.32 Å². The van der Waals surface area contributed by atoms with Crippen LogP contribution in [0.1, 0.15) is 15.9 Å². The van der Waals surface area contributed by atoms with Crippen LogP contribution in [0, 0.1) is 17.0 Å². The highest BCUT2D eigenvalue weighted by atomic mass is 79.9. The van der Waals surface area contributed by atoms with Gasteiger partial charge in [0.15, 0.2) is 0 Å². The third-order valence-electron chi connectivity index (χ3n) is 2.73. The number of rotatable bonds is 3. The average molecular weight is 335 g/mol. The number of nitrogens with one attached hydrogen (secondary N) is 1. The summed E-state index contributed by atoms with van der Waals surface area (Å²) in [5.41, 5.74) is 1.81. The number of halogens is 1. The van der Waals surface area contributed by atoms with Crippen molar-refractivity contribution in [2.24, 2.45) is 0 Å². The van der Waals surface area contributed by atoms with Gasteiger partial charge in [-0.15, -0.1) is 0 Å². The Kier molecular flexibility index (Phi) is 4.14. The molecule has 6 heteroatoms. The fraction of sp³-hybridized carbons (Fsp3) is 0.0714. The largest absolute Gasteiger partial charge is 0.322 e. The second kappa shape index (κ2) is 5.83. The van der Waals surface area contributed by atoms with Crippen LogP contribution in [0.2, 0.25) is 0 Å². The Morgan fingerprint density at radius 1 is 1.20 bits per heavy atom. The van der Waals surface area contributed by atoms with Gasteiger partial charge in [0.05, 0.1) is 10.5 Å². The van der Waals surface area contributed by atoms with Crippen molar-refractivity contribution < 1.29 is 9.72 Å². The molecule has 0 aromatic heterocycles. The molecule has 2 aromatic carbocycles. The van der Waals surface area contributed by atoms with Crippen molar-refractivity contribution in [3.8, 4) is 0 Å². The molecule has 0 spiro atoms. The van der Waals surface area contributed by atoms with Gasteiger partial charge in [-0.3, -0.25) is 14.9 Å². The van der Waals surface area contributed by atoms with Crippen LogP contribution in [-0.2, 0) is 0 Å². The van der Waals surface area contributed by atoms with Gasteiger partial charge < -0.3 is 5.32 Å². The van der Waals surface area contributed by atoms with Gasteiger partial charge in [0.25, 0.3) is 11.6 Å². The minimum Gasteiger partial charge on any atom is -0.322 e. The van der Waals surface area contributed by atoms with Crippen LogP contribution in [0.5, 0.6) is 0 Å². The van der Waals surface area contributed by atoms with Crippen LogP contribution in [0.15, 0.2) is 46.9 Å². The molecule has 2 rings (SSSR count). The maximum atomic E-state index is 12.1. The number of carbonyl (C=O) groups excluding carboxylic acids is 1. The van der Waals surface area contributed by atoms with Gasteiger partial charge in [0.1, 0.15) is 4.47 Å². The highest BCUT2D eigenvalue weighted by Gasteiger charge is 2.19. The lowest BCUT2D eigenvalue weighted by atomic mass is 10.1. The summed E-state index contributed by atoms with van der Waals surface area (Å²) in [5.74, 6) is -0.399. The van der Waals surface area contributed by atoms with Crippen molar-refractivity contribution in [3.05, 3.63) is 68.2 Å². The number of nitrogens with zero attached hydrogens (tertiary/aromatic N) is 1. The van der Waals surface area contributed by atoms with Crippen molar-refractivity contribution in [1.82, 2.24) is 0 Å². The van der Waals surface area contributed by atoms with Crippen molar-refractivity contribution >= 4 is 33.2 Å². The molecule has 0 heterocycles. The van der Waals surface area contributed by atoms with E-state index < -0.39 is 10.8 Å². The van der Waals surface area contributed by atoms with E-state index in [1.165, 1.54) is 18.2 Å². The van der Waals surface area contributed by atoms with E-state index in [0.717, 1.165) is 5.56 Å². The van der Waals surface area contributed by atoms with E-state index in [-0.39, 0.29) is 15.7 Å². The van der Waals surface area contributed by atoms with Crippen LogP contribution in [0.4, 0.5) is 11.4 Å². The van der Waals surface area contributed by atoms with Gasteiger partial charge in [-0.1, -0.05) is 23.8 Å². The predicted octanol–water partition coefficient (Wildman–Crippen LogP) is 3.92. The Morgan fingerprint density at radius 3 is 2.45 bits per heavy atom. The number of aryl methyl sites for hydroxylation is 1. The molecule has 5 nitrogen and oxygen atoms in total. The number of carbonyl (C=O) groups is 1. The SMILES string of the molecule is Cc1ccc(NC(=O)c2cccc([N+](=O)[O-])c2Br)cc1. The normalized spacial score (nSPS) is 10.1. The summed E-state index contributed by atoms with van der Waals surface area (Å²) in [6.07, 6.45) is 0. The summed E-state index contributed by atoms with van der Waals surface area (Å²) in [5, 5.41) is 13.5. The summed E-state index contributed by atoms with van der Waals surface area (Å²) in [6, 6.07) is 11.6. The summed E-state index contributed by atoms with van der Waals surface area (Å²) < 4.78 is 0.176. The molecule has 0 radical (unpaired) electrons. The van der Waals surface area contributed by atoms with Gasteiger partial charge >= 0.3 is 0 Å². The lowest BCUT2D eigenvalue weighted by Crippen LogP contribution is -2.13. The Hall–Kier alpha value is -2.21. The summed E-state index contributed by atoms with van der Waals surface area (Å²) >= 11 is 3.10. The number of hydrogen-bond acceptors (Lipinski definition) is 3.